The molecule has 1 N–H and O–H groups in total. The zero-order chi connectivity index (χ0) is 14.2. The summed E-state index contributed by atoms with van der Waals surface area (Å²) in [4.78, 5) is 11.6. The molecule has 0 bridgehead atoms. The number of terminal acetylenes is 1. The lowest BCUT2D eigenvalue weighted by Crippen LogP contribution is -2.21. The van der Waals surface area contributed by atoms with Crippen molar-refractivity contribution in [2.45, 2.75) is 19.3 Å². The normalized spacial score (nSPS) is 12.3. The monoisotopic (exact) mass is 271 g/mol. The van der Waals surface area contributed by atoms with E-state index in [4.69, 9.17) is 15.9 Å². The number of rotatable bonds is 6. The van der Waals surface area contributed by atoms with Crippen molar-refractivity contribution in [3.05, 3.63) is 29.8 Å². The second-order valence-corrected chi connectivity index (χ2v) is 4.40. The molecule has 1 aliphatic rings. The number of hydrogen-bond acceptors (Lipinski definition) is 3. The molecule has 0 saturated heterocycles. The first-order valence-electron chi connectivity index (χ1n) is 6.58. The Kier molecular flexibility index (Phi) is 5.08. The number of nitrogens with one attached hydrogen (secondary N) is 1. The van der Waals surface area contributed by atoms with Crippen molar-refractivity contribution in [2.24, 2.45) is 0 Å². The smallest absolute Gasteiger partial charge is 0.243 e. The summed E-state index contributed by atoms with van der Waals surface area (Å²) < 4.78 is 10.5. The minimum absolute atomic E-state index is 0.108. The van der Waals surface area contributed by atoms with E-state index < -0.39 is 0 Å². The van der Waals surface area contributed by atoms with Crippen LogP contribution in [0.5, 0.6) is 11.5 Å². The van der Waals surface area contributed by atoms with Gasteiger partial charge in [0.1, 0.15) is 0 Å². The predicted molar refractivity (Wildman–Crippen MR) is 77.3 cm³/mol. The number of carbonyl (C=O) groups excluding carboxylic acids is 1. The van der Waals surface area contributed by atoms with Gasteiger partial charge in [-0.15, -0.1) is 12.3 Å². The lowest BCUT2D eigenvalue weighted by atomic mass is 10.2. The number of hydrogen-bond donors (Lipinski definition) is 1. The third-order valence-corrected chi connectivity index (χ3v) is 2.87. The summed E-state index contributed by atoms with van der Waals surface area (Å²) in [6, 6.07) is 5.56. The molecule has 0 aliphatic carbocycles. The van der Waals surface area contributed by atoms with Crippen LogP contribution in [0.1, 0.15) is 24.8 Å². The highest BCUT2D eigenvalue weighted by molar-refractivity contribution is 5.91. The standard InChI is InChI=1S/C16H17NO3/c1-2-3-4-5-10-17-16(18)9-7-13-6-8-14-15(11-13)20-12-19-14/h1,6-9,11H,3-5,10,12H2,(H,17,18)/b9-7+. The van der Waals surface area contributed by atoms with Gasteiger partial charge in [0.2, 0.25) is 12.7 Å². The van der Waals surface area contributed by atoms with Crippen molar-refractivity contribution >= 4 is 12.0 Å². The van der Waals surface area contributed by atoms with Crippen LogP contribution < -0.4 is 14.8 Å². The van der Waals surface area contributed by atoms with Crippen molar-refractivity contribution in [1.29, 1.82) is 0 Å². The molecule has 0 saturated carbocycles. The van der Waals surface area contributed by atoms with Gasteiger partial charge in [0, 0.05) is 19.0 Å². The van der Waals surface area contributed by atoms with Crippen molar-refractivity contribution in [3.63, 3.8) is 0 Å². The highest BCUT2D eigenvalue weighted by atomic mass is 16.7. The molecule has 0 fully saturated rings. The molecule has 20 heavy (non-hydrogen) atoms. The number of amides is 1. The third kappa shape index (κ3) is 4.06. The first-order chi connectivity index (χ1) is 9.79. The van der Waals surface area contributed by atoms with Crippen LogP contribution in [-0.2, 0) is 4.79 Å². The van der Waals surface area contributed by atoms with Crippen molar-refractivity contribution in [3.8, 4) is 23.8 Å². The Balaban J connectivity index is 1.77. The van der Waals surface area contributed by atoms with Gasteiger partial charge in [-0.2, -0.15) is 0 Å². The number of ether oxygens (including phenoxy) is 2. The summed E-state index contributed by atoms with van der Waals surface area (Å²) in [5.41, 5.74) is 0.900. The Morgan fingerprint density at radius 1 is 1.35 bits per heavy atom. The molecule has 1 heterocycles. The first kappa shape index (κ1) is 14.0. The zero-order valence-electron chi connectivity index (χ0n) is 11.2. The fraction of sp³-hybridized carbons (Fsp3) is 0.312. The molecule has 4 heteroatoms. The van der Waals surface area contributed by atoms with Gasteiger partial charge in [-0.05, 0) is 36.6 Å². The SMILES string of the molecule is C#CCCCCNC(=O)/C=C/c1ccc2c(c1)OCO2. The van der Waals surface area contributed by atoms with E-state index in [2.05, 4.69) is 11.2 Å². The summed E-state index contributed by atoms with van der Waals surface area (Å²) in [6.45, 7) is 0.895. The topological polar surface area (TPSA) is 47.6 Å². The van der Waals surface area contributed by atoms with Crippen LogP contribution in [0.2, 0.25) is 0 Å². The van der Waals surface area contributed by atoms with E-state index in [0.717, 1.165) is 30.6 Å². The second kappa shape index (κ2) is 7.25. The fourth-order valence-corrected chi connectivity index (χ4v) is 1.81. The highest BCUT2D eigenvalue weighted by Gasteiger charge is 2.12. The largest absolute Gasteiger partial charge is 0.454 e. The number of unbranched alkanes of at least 4 members (excludes halogenated alkanes) is 2. The minimum Gasteiger partial charge on any atom is -0.454 e. The van der Waals surface area contributed by atoms with Crippen LogP contribution in [-0.4, -0.2) is 19.2 Å². The van der Waals surface area contributed by atoms with Crippen LogP contribution in [0.4, 0.5) is 0 Å². The van der Waals surface area contributed by atoms with E-state index in [9.17, 15) is 4.79 Å². The Bertz CT molecular complexity index is 543. The number of carbonyl (C=O) groups is 1. The van der Waals surface area contributed by atoms with Crippen LogP contribution in [0.15, 0.2) is 24.3 Å². The maximum absolute atomic E-state index is 11.6. The summed E-state index contributed by atoms with van der Waals surface area (Å²) in [5.74, 6) is 3.91. The molecule has 1 aliphatic heterocycles. The Hall–Kier alpha value is -2.41. The maximum Gasteiger partial charge on any atom is 0.243 e. The fourth-order valence-electron chi connectivity index (χ4n) is 1.81. The molecular formula is C16H17NO3. The Morgan fingerprint density at radius 3 is 3.05 bits per heavy atom. The van der Waals surface area contributed by atoms with Gasteiger partial charge < -0.3 is 14.8 Å². The molecule has 0 aromatic heterocycles. The van der Waals surface area contributed by atoms with Crippen LogP contribution in [0, 0.1) is 12.3 Å². The van der Waals surface area contributed by atoms with E-state index in [0.29, 0.717) is 12.3 Å². The van der Waals surface area contributed by atoms with Gasteiger partial charge in [-0.25, -0.2) is 0 Å². The quantitative estimate of drug-likeness (QED) is 0.491. The number of fused-ring (bicyclic) bond motifs is 1. The van der Waals surface area contributed by atoms with Crippen LogP contribution >= 0.6 is 0 Å². The molecule has 104 valence electrons. The van der Waals surface area contributed by atoms with Crippen molar-refractivity contribution in [2.75, 3.05) is 13.3 Å². The second-order valence-electron chi connectivity index (χ2n) is 4.40. The van der Waals surface area contributed by atoms with Crippen LogP contribution in [0.25, 0.3) is 6.08 Å². The van der Waals surface area contributed by atoms with Gasteiger partial charge in [-0.3, -0.25) is 4.79 Å². The zero-order valence-corrected chi connectivity index (χ0v) is 11.2. The van der Waals surface area contributed by atoms with E-state index in [1.165, 1.54) is 6.08 Å². The first-order valence-corrected chi connectivity index (χ1v) is 6.58. The maximum atomic E-state index is 11.6. The van der Waals surface area contributed by atoms with E-state index in [1.54, 1.807) is 6.08 Å². The van der Waals surface area contributed by atoms with Gasteiger partial charge >= 0.3 is 0 Å². The van der Waals surface area contributed by atoms with E-state index in [1.807, 2.05) is 18.2 Å². The molecule has 0 radical (unpaired) electrons. The van der Waals surface area contributed by atoms with Gasteiger partial charge in [0.25, 0.3) is 0 Å². The van der Waals surface area contributed by atoms with E-state index >= 15 is 0 Å². The lowest BCUT2D eigenvalue weighted by molar-refractivity contribution is -0.116. The van der Waals surface area contributed by atoms with Gasteiger partial charge in [-0.1, -0.05) is 6.07 Å². The summed E-state index contributed by atoms with van der Waals surface area (Å²) >= 11 is 0. The molecule has 4 nitrogen and oxygen atoms in total. The van der Waals surface area contributed by atoms with Crippen molar-refractivity contribution in [1.82, 2.24) is 5.32 Å². The molecule has 1 aromatic rings. The Morgan fingerprint density at radius 2 is 2.20 bits per heavy atom. The van der Waals surface area contributed by atoms with Crippen molar-refractivity contribution < 1.29 is 14.3 Å². The number of benzene rings is 1. The average molecular weight is 271 g/mol. The highest BCUT2D eigenvalue weighted by Crippen LogP contribution is 2.32. The molecule has 2 rings (SSSR count). The summed E-state index contributed by atoms with van der Waals surface area (Å²) in [7, 11) is 0. The van der Waals surface area contributed by atoms with Gasteiger partial charge in [0.05, 0.1) is 0 Å². The van der Waals surface area contributed by atoms with E-state index in [-0.39, 0.29) is 12.7 Å². The molecule has 0 unspecified atom stereocenters. The molecule has 1 amide bonds. The van der Waals surface area contributed by atoms with Gasteiger partial charge in [0.15, 0.2) is 11.5 Å². The third-order valence-electron chi connectivity index (χ3n) is 2.87. The summed E-state index contributed by atoms with van der Waals surface area (Å²) in [6.07, 6.45) is 11.0. The molecule has 1 aromatic carbocycles. The molecular weight excluding hydrogens is 254 g/mol. The predicted octanol–water partition coefficient (Wildman–Crippen LogP) is 2.35. The average Bonchev–Trinajstić information content (AvgIpc) is 2.92. The lowest BCUT2D eigenvalue weighted by Gasteiger charge is -2.01. The molecule has 0 spiro atoms. The minimum atomic E-state index is -0.108. The van der Waals surface area contributed by atoms with Crippen LogP contribution in [0.3, 0.4) is 0 Å². The molecule has 0 atom stereocenters. The Labute approximate surface area is 118 Å². The summed E-state index contributed by atoms with van der Waals surface area (Å²) in [5, 5.41) is 2.81.